The molecule has 1 fully saturated rings. The second kappa shape index (κ2) is 5.64. The highest BCUT2D eigenvalue weighted by Crippen LogP contribution is 2.54. The summed E-state index contributed by atoms with van der Waals surface area (Å²) in [6.45, 7) is 2.15. The highest BCUT2D eigenvalue weighted by molar-refractivity contribution is 8.18. The van der Waals surface area contributed by atoms with Gasteiger partial charge >= 0.3 is 0 Å². The first-order valence-corrected chi connectivity index (χ1v) is 8.69. The summed E-state index contributed by atoms with van der Waals surface area (Å²) in [5, 5.41) is 0. The van der Waals surface area contributed by atoms with Gasteiger partial charge in [0.2, 0.25) is 0 Å². The predicted molar refractivity (Wildman–Crippen MR) is 87.9 cm³/mol. The minimum absolute atomic E-state index is 0.0905. The van der Waals surface area contributed by atoms with Crippen molar-refractivity contribution in [1.29, 1.82) is 0 Å². The van der Waals surface area contributed by atoms with Gasteiger partial charge in [0.15, 0.2) is 0 Å². The van der Waals surface area contributed by atoms with E-state index in [1.54, 1.807) is 0 Å². The molecule has 0 aliphatic carbocycles. The summed E-state index contributed by atoms with van der Waals surface area (Å²) in [4.78, 5) is 0. The van der Waals surface area contributed by atoms with Gasteiger partial charge in [-0.3, -0.25) is 0 Å². The second-order valence-corrected chi connectivity index (χ2v) is 7.78. The van der Waals surface area contributed by atoms with E-state index in [9.17, 15) is 0 Å². The van der Waals surface area contributed by atoms with Gasteiger partial charge in [0, 0.05) is 0 Å². The molecule has 98 valence electrons. The Morgan fingerprint density at radius 2 is 1.37 bits per heavy atom. The molecular formula is C17H18S2. The van der Waals surface area contributed by atoms with Crippen molar-refractivity contribution in [1.82, 2.24) is 0 Å². The molecule has 2 aromatic carbocycles. The molecule has 0 spiro atoms. The topological polar surface area (TPSA) is 0 Å². The van der Waals surface area contributed by atoms with Crippen molar-refractivity contribution in [2.24, 2.45) is 0 Å². The second-order valence-electron chi connectivity index (χ2n) is 4.90. The fourth-order valence-electron chi connectivity index (χ4n) is 2.46. The van der Waals surface area contributed by atoms with E-state index in [4.69, 9.17) is 0 Å². The van der Waals surface area contributed by atoms with Crippen LogP contribution in [0, 0.1) is 6.92 Å². The summed E-state index contributed by atoms with van der Waals surface area (Å²) in [5.41, 5.74) is 4.19. The van der Waals surface area contributed by atoms with Crippen LogP contribution in [-0.2, 0) is 4.08 Å². The van der Waals surface area contributed by atoms with Crippen molar-refractivity contribution < 1.29 is 0 Å². The molecule has 0 amide bonds. The lowest BCUT2D eigenvalue weighted by Crippen LogP contribution is -2.24. The molecule has 0 aromatic heterocycles. The van der Waals surface area contributed by atoms with Crippen LogP contribution in [0.1, 0.15) is 23.1 Å². The fourth-order valence-corrected chi connectivity index (χ4v) is 5.84. The molecule has 2 heteroatoms. The molecule has 0 saturated carbocycles. The Hall–Kier alpha value is -0.860. The Kier molecular flexibility index (Phi) is 3.90. The Morgan fingerprint density at radius 1 is 0.789 bits per heavy atom. The molecule has 1 aliphatic heterocycles. The zero-order valence-corrected chi connectivity index (χ0v) is 12.8. The first-order chi connectivity index (χ1) is 9.31. The third kappa shape index (κ3) is 2.56. The van der Waals surface area contributed by atoms with Crippen molar-refractivity contribution in [3.05, 3.63) is 71.3 Å². The summed E-state index contributed by atoms with van der Waals surface area (Å²) in [6.07, 6.45) is 1.32. The third-order valence-corrected chi connectivity index (χ3v) is 6.93. The molecule has 0 radical (unpaired) electrons. The van der Waals surface area contributed by atoms with E-state index in [2.05, 4.69) is 85.0 Å². The highest BCUT2D eigenvalue weighted by Gasteiger charge is 2.37. The zero-order chi connectivity index (χ0) is 13.1. The van der Waals surface area contributed by atoms with Crippen molar-refractivity contribution in [2.75, 3.05) is 11.5 Å². The van der Waals surface area contributed by atoms with Gasteiger partial charge in [-0.05, 0) is 36.0 Å². The van der Waals surface area contributed by atoms with E-state index in [-0.39, 0.29) is 4.08 Å². The Bertz CT molecular complexity index is 525. The number of hydrogen-bond acceptors (Lipinski definition) is 2. The first kappa shape index (κ1) is 13.1. The summed E-state index contributed by atoms with van der Waals surface area (Å²) in [5.74, 6) is 2.49. The van der Waals surface area contributed by atoms with Crippen LogP contribution in [-0.4, -0.2) is 11.5 Å². The lowest BCUT2D eigenvalue weighted by atomic mass is 10.0. The standard InChI is InChI=1S/C17H18S2/c1-14-8-10-16(11-9-14)17(18-12-5-13-19-17)15-6-3-2-4-7-15/h2-4,6-11H,5,12-13H2,1H3. The maximum Gasteiger partial charge on any atom is 0.111 e. The molecule has 19 heavy (non-hydrogen) atoms. The van der Waals surface area contributed by atoms with Crippen molar-refractivity contribution in [3.63, 3.8) is 0 Å². The number of benzene rings is 2. The number of hydrogen-bond donors (Lipinski definition) is 0. The van der Waals surface area contributed by atoms with Crippen molar-refractivity contribution in [3.8, 4) is 0 Å². The molecule has 0 nitrogen and oxygen atoms in total. The Balaban J connectivity index is 2.09. The number of aryl methyl sites for hydroxylation is 1. The monoisotopic (exact) mass is 286 g/mol. The average molecular weight is 286 g/mol. The largest absolute Gasteiger partial charge is 0.135 e. The molecule has 2 aromatic rings. The van der Waals surface area contributed by atoms with Crippen molar-refractivity contribution >= 4 is 23.5 Å². The van der Waals surface area contributed by atoms with Crippen LogP contribution in [0.15, 0.2) is 54.6 Å². The molecule has 0 N–H and O–H groups in total. The maximum atomic E-state index is 2.30. The van der Waals surface area contributed by atoms with Crippen LogP contribution in [0.3, 0.4) is 0 Å². The molecular weight excluding hydrogens is 268 g/mol. The lowest BCUT2D eigenvalue weighted by Gasteiger charge is -2.37. The van der Waals surface area contributed by atoms with E-state index < -0.39 is 0 Å². The van der Waals surface area contributed by atoms with Gasteiger partial charge in [-0.25, -0.2) is 0 Å². The predicted octanol–water partition coefficient (Wildman–Crippen LogP) is 5.07. The Labute approximate surface area is 124 Å². The summed E-state index contributed by atoms with van der Waals surface area (Å²) in [7, 11) is 0. The average Bonchev–Trinajstić information content (AvgIpc) is 2.49. The third-order valence-electron chi connectivity index (χ3n) is 3.48. The molecule has 0 atom stereocenters. The smallest absolute Gasteiger partial charge is 0.111 e. The maximum absolute atomic E-state index is 2.30. The fraction of sp³-hybridized carbons (Fsp3) is 0.294. The van der Waals surface area contributed by atoms with Gasteiger partial charge in [-0.1, -0.05) is 60.2 Å². The SMILES string of the molecule is Cc1ccc(C2(c3ccccc3)SCCCS2)cc1. The molecule has 1 saturated heterocycles. The molecule has 0 bridgehead atoms. The van der Waals surface area contributed by atoms with Crippen molar-refractivity contribution in [2.45, 2.75) is 17.4 Å². The minimum Gasteiger partial charge on any atom is -0.135 e. The number of thioether (sulfide) groups is 2. The van der Waals surface area contributed by atoms with Gasteiger partial charge in [-0.15, -0.1) is 23.5 Å². The van der Waals surface area contributed by atoms with Crippen LogP contribution in [0.25, 0.3) is 0 Å². The minimum atomic E-state index is 0.0905. The van der Waals surface area contributed by atoms with Crippen LogP contribution in [0.5, 0.6) is 0 Å². The first-order valence-electron chi connectivity index (χ1n) is 6.72. The zero-order valence-electron chi connectivity index (χ0n) is 11.1. The highest BCUT2D eigenvalue weighted by atomic mass is 32.2. The molecule has 1 heterocycles. The van der Waals surface area contributed by atoms with E-state index in [1.807, 2.05) is 0 Å². The quantitative estimate of drug-likeness (QED) is 0.756. The normalized spacial score (nSPS) is 18.2. The summed E-state index contributed by atoms with van der Waals surface area (Å²) in [6, 6.07) is 20.0. The van der Waals surface area contributed by atoms with Crippen LogP contribution in [0.4, 0.5) is 0 Å². The van der Waals surface area contributed by atoms with Crippen LogP contribution in [0.2, 0.25) is 0 Å². The summed E-state index contributed by atoms with van der Waals surface area (Å²) < 4.78 is 0.0905. The molecule has 3 rings (SSSR count). The van der Waals surface area contributed by atoms with Gasteiger partial charge in [0.05, 0.1) is 0 Å². The molecule has 0 unspecified atom stereocenters. The van der Waals surface area contributed by atoms with E-state index in [1.165, 1.54) is 34.6 Å². The van der Waals surface area contributed by atoms with E-state index in [0.29, 0.717) is 0 Å². The van der Waals surface area contributed by atoms with Gasteiger partial charge in [-0.2, -0.15) is 0 Å². The Morgan fingerprint density at radius 3 is 2.00 bits per heavy atom. The van der Waals surface area contributed by atoms with E-state index >= 15 is 0 Å². The van der Waals surface area contributed by atoms with Gasteiger partial charge < -0.3 is 0 Å². The van der Waals surface area contributed by atoms with Gasteiger partial charge in [0.25, 0.3) is 0 Å². The molecule has 1 aliphatic rings. The summed E-state index contributed by atoms with van der Waals surface area (Å²) >= 11 is 4.17. The van der Waals surface area contributed by atoms with Gasteiger partial charge in [0.1, 0.15) is 4.08 Å². The lowest BCUT2D eigenvalue weighted by molar-refractivity contribution is 1.00. The van der Waals surface area contributed by atoms with E-state index in [0.717, 1.165) is 0 Å². The van der Waals surface area contributed by atoms with Crippen LogP contribution >= 0.6 is 23.5 Å². The van der Waals surface area contributed by atoms with Crippen LogP contribution < -0.4 is 0 Å². The number of rotatable bonds is 2.